The second-order valence-corrected chi connectivity index (χ2v) is 6.25. The lowest BCUT2D eigenvalue weighted by atomic mass is 9.87. The molecule has 3 aliphatic rings. The molecule has 100 valence electrons. The molecule has 0 aromatic carbocycles. The molecular weight excluding hydrogens is 224 g/mol. The maximum atomic E-state index is 11.5. The largest absolute Gasteiger partial charge is 0.355 e. The Morgan fingerprint density at radius 3 is 2.72 bits per heavy atom. The first kappa shape index (κ1) is 12.2. The zero-order valence-electron chi connectivity index (χ0n) is 11.2. The minimum absolute atomic E-state index is 0.257. The smallest absolute Gasteiger partial charge is 0.223 e. The summed E-state index contributed by atoms with van der Waals surface area (Å²) in [4.78, 5) is 11.5. The van der Waals surface area contributed by atoms with Crippen molar-refractivity contribution in [2.24, 2.45) is 23.7 Å². The van der Waals surface area contributed by atoms with Crippen LogP contribution in [0.25, 0.3) is 0 Å². The normalized spacial score (nSPS) is 34.8. The van der Waals surface area contributed by atoms with E-state index in [4.69, 9.17) is 0 Å². The number of fused-ring (bicyclic) bond motifs is 2. The fourth-order valence-electron chi connectivity index (χ4n) is 3.52. The number of hydrogen-bond donors (Lipinski definition) is 2. The molecule has 0 aromatic rings. The van der Waals surface area contributed by atoms with Crippen molar-refractivity contribution in [2.75, 3.05) is 13.1 Å². The summed E-state index contributed by atoms with van der Waals surface area (Å²) < 4.78 is 0. The third kappa shape index (κ3) is 2.61. The van der Waals surface area contributed by atoms with Gasteiger partial charge in [-0.3, -0.25) is 4.79 Å². The summed E-state index contributed by atoms with van der Waals surface area (Å²) in [6, 6.07) is 0.572. The van der Waals surface area contributed by atoms with Crippen molar-refractivity contribution >= 4 is 5.91 Å². The van der Waals surface area contributed by atoms with Gasteiger partial charge in [0.05, 0.1) is 0 Å². The van der Waals surface area contributed by atoms with Gasteiger partial charge in [-0.15, -0.1) is 0 Å². The number of amides is 1. The second-order valence-electron chi connectivity index (χ2n) is 6.25. The number of allylic oxidation sites excluding steroid dienone is 2. The van der Waals surface area contributed by atoms with Crippen LogP contribution in [0.4, 0.5) is 0 Å². The van der Waals surface area contributed by atoms with Crippen molar-refractivity contribution in [3.05, 3.63) is 12.2 Å². The van der Waals surface area contributed by atoms with Gasteiger partial charge in [0.2, 0.25) is 5.91 Å². The average molecular weight is 248 g/mol. The highest BCUT2D eigenvalue weighted by Crippen LogP contribution is 2.44. The van der Waals surface area contributed by atoms with Gasteiger partial charge in [-0.25, -0.2) is 0 Å². The first-order valence-electron chi connectivity index (χ1n) is 7.43. The summed E-state index contributed by atoms with van der Waals surface area (Å²) in [7, 11) is 0. The third-order valence-electron chi connectivity index (χ3n) is 4.81. The van der Waals surface area contributed by atoms with Crippen molar-refractivity contribution in [1.82, 2.24) is 10.6 Å². The molecule has 0 spiro atoms. The second kappa shape index (κ2) is 5.04. The van der Waals surface area contributed by atoms with Crippen LogP contribution in [0, 0.1) is 23.7 Å². The van der Waals surface area contributed by atoms with E-state index in [-0.39, 0.29) is 5.91 Å². The molecule has 2 saturated carbocycles. The van der Waals surface area contributed by atoms with Crippen molar-refractivity contribution in [1.29, 1.82) is 0 Å². The fourth-order valence-corrected chi connectivity index (χ4v) is 3.52. The molecule has 1 amide bonds. The lowest BCUT2D eigenvalue weighted by molar-refractivity contribution is -0.122. The summed E-state index contributed by atoms with van der Waals surface area (Å²) in [5.74, 6) is 3.04. The zero-order valence-corrected chi connectivity index (χ0v) is 11.2. The predicted molar refractivity (Wildman–Crippen MR) is 72.0 cm³/mol. The van der Waals surface area contributed by atoms with Gasteiger partial charge >= 0.3 is 0 Å². The van der Waals surface area contributed by atoms with E-state index in [0.29, 0.717) is 12.0 Å². The summed E-state index contributed by atoms with van der Waals surface area (Å²) >= 11 is 0. The molecule has 2 N–H and O–H groups in total. The minimum Gasteiger partial charge on any atom is -0.355 e. The third-order valence-corrected chi connectivity index (χ3v) is 4.81. The maximum Gasteiger partial charge on any atom is 0.223 e. The van der Waals surface area contributed by atoms with Crippen molar-refractivity contribution in [2.45, 2.75) is 38.6 Å². The van der Waals surface area contributed by atoms with Crippen molar-refractivity contribution in [3.8, 4) is 0 Å². The maximum absolute atomic E-state index is 11.5. The van der Waals surface area contributed by atoms with Gasteiger partial charge in [0.25, 0.3) is 0 Å². The molecule has 0 radical (unpaired) electrons. The Labute approximate surface area is 109 Å². The first-order chi connectivity index (χ1) is 8.74. The molecule has 3 aliphatic carbocycles. The topological polar surface area (TPSA) is 41.1 Å². The molecule has 4 atom stereocenters. The summed E-state index contributed by atoms with van der Waals surface area (Å²) in [6.45, 7) is 3.97. The predicted octanol–water partition coefficient (Wildman–Crippen LogP) is 1.70. The van der Waals surface area contributed by atoms with Crippen LogP contribution in [0.2, 0.25) is 0 Å². The molecule has 18 heavy (non-hydrogen) atoms. The van der Waals surface area contributed by atoms with Crippen molar-refractivity contribution < 1.29 is 4.79 Å². The number of rotatable bonds is 6. The molecule has 0 heterocycles. The van der Waals surface area contributed by atoms with E-state index in [2.05, 4.69) is 29.7 Å². The molecule has 3 heteroatoms. The van der Waals surface area contributed by atoms with Crippen LogP contribution in [0.3, 0.4) is 0 Å². The number of hydrogen-bond acceptors (Lipinski definition) is 2. The Morgan fingerprint density at radius 1 is 1.28 bits per heavy atom. The summed E-state index contributed by atoms with van der Waals surface area (Å²) in [6.07, 6.45) is 9.70. The monoisotopic (exact) mass is 248 g/mol. The van der Waals surface area contributed by atoms with Gasteiger partial charge in [0.1, 0.15) is 0 Å². The molecule has 0 aromatic heterocycles. The molecule has 0 aliphatic heterocycles. The summed E-state index contributed by atoms with van der Waals surface area (Å²) in [5.41, 5.74) is 0. The van der Waals surface area contributed by atoms with E-state index in [9.17, 15) is 4.79 Å². The van der Waals surface area contributed by atoms with E-state index in [1.54, 1.807) is 0 Å². The van der Waals surface area contributed by atoms with Crippen molar-refractivity contribution in [3.63, 3.8) is 0 Å². The SMILES string of the molecule is CC(NCCNC(=O)C1CC1)C1CC2C=CC1C2. The van der Waals surface area contributed by atoms with Crippen LogP contribution in [0.5, 0.6) is 0 Å². The Bertz CT molecular complexity index is 348. The van der Waals surface area contributed by atoms with Gasteiger partial charge in [0.15, 0.2) is 0 Å². The minimum atomic E-state index is 0.257. The van der Waals surface area contributed by atoms with Crippen LogP contribution >= 0.6 is 0 Å². The lowest BCUT2D eigenvalue weighted by Gasteiger charge is -2.26. The highest BCUT2D eigenvalue weighted by atomic mass is 16.2. The van der Waals surface area contributed by atoms with Crippen LogP contribution in [-0.4, -0.2) is 25.0 Å². The van der Waals surface area contributed by atoms with Gasteiger partial charge in [0, 0.05) is 25.0 Å². The molecule has 3 rings (SSSR count). The fraction of sp³-hybridized carbons (Fsp3) is 0.800. The molecule has 2 fully saturated rings. The lowest BCUT2D eigenvalue weighted by Crippen LogP contribution is -2.40. The highest BCUT2D eigenvalue weighted by molar-refractivity contribution is 5.80. The highest BCUT2D eigenvalue weighted by Gasteiger charge is 2.38. The zero-order chi connectivity index (χ0) is 12.5. The molecule has 0 saturated heterocycles. The molecule has 4 unspecified atom stereocenters. The Morgan fingerprint density at radius 2 is 2.11 bits per heavy atom. The van der Waals surface area contributed by atoms with E-state index in [0.717, 1.165) is 43.7 Å². The van der Waals surface area contributed by atoms with E-state index in [1.807, 2.05) is 0 Å². The number of nitrogens with one attached hydrogen (secondary N) is 2. The standard InChI is InChI=1S/C15H24N2O/c1-10(14-9-11-2-3-13(14)8-11)16-6-7-17-15(18)12-4-5-12/h2-3,10-14,16H,4-9H2,1H3,(H,17,18). The Hall–Kier alpha value is -0.830. The van der Waals surface area contributed by atoms with Crippen LogP contribution in [0.15, 0.2) is 12.2 Å². The van der Waals surface area contributed by atoms with E-state index >= 15 is 0 Å². The number of carbonyl (C=O) groups is 1. The molecular formula is C15H24N2O. The molecule has 2 bridgehead atoms. The average Bonchev–Trinajstić information content (AvgIpc) is 3.02. The number of carbonyl (C=O) groups excluding carboxylic acids is 1. The van der Waals surface area contributed by atoms with Gasteiger partial charge in [-0.1, -0.05) is 12.2 Å². The van der Waals surface area contributed by atoms with E-state index in [1.165, 1.54) is 12.8 Å². The van der Waals surface area contributed by atoms with Gasteiger partial charge in [-0.2, -0.15) is 0 Å². The van der Waals surface area contributed by atoms with Gasteiger partial charge in [-0.05, 0) is 50.4 Å². The van der Waals surface area contributed by atoms with Crippen LogP contribution < -0.4 is 10.6 Å². The summed E-state index contributed by atoms with van der Waals surface area (Å²) in [5, 5.41) is 6.58. The first-order valence-corrected chi connectivity index (χ1v) is 7.43. The van der Waals surface area contributed by atoms with Gasteiger partial charge < -0.3 is 10.6 Å². The molecule has 3 nitrogen and oxygen atoms in total. The van der Waals surface area contributed by atoms with Crippen LogP contribution in [-0.2, 0) is 4.79 Å². The van der Waals surface area contributed by atoms with Crippen LogP contribution in [0.1, 0.15) is 32.6 Å². The Kier molecular flexibility index (Phi) is 3.42. The van der Waals surface area contributed by atoms with E-state index < -0.39 is 0 Å². The Balaban J connectivity index is 1.33. The quantitative estimate of drug-likeness (QED) is 0.555.